The number of aliphatic hydroxyl groups is 1. The average molecular weight is 283 g/mol. The van der Waals surface area contributed by atoms with Crippen LogP contribution >= 0.6 is 0 Å². The lowest BCUT2D eigenvalue weighted by Gasteiger charge is -2.31. The number of rotatable bonds is 6. The maximum Gasteiger partial charge on any atom is 0.0828 e. The monoisotopic (exact) mass is 283 g/mol. The third kappa shape index (κ3) is 3.85. The van der Waals surface area contributed by atoms with Crippen molar-refractivity contribution in [2.24, 2.45) is 0 Å². The summed E-state index contributed by atoms with van der Waals surface area (Å²) in [6.07, 6.45) is 2.25. The van der Waals surface area contributed by atoms with Gasteiger partial charge in [-0.25, -0.2) is 0 Å². The molecule has 21 heavy (non-hydrogen) atoms. The molecule has 0 amide bonds. The Bertz CT molecular complexity index is 576. The van der Waals surface area contributed by atoms with E-state index in [1.807, 2.05) is 19.1 Å². The molecular formula is C19H25NO. The number of hydrogen-bond acceptors (Lipinski definition) is 2. The predicted molar refractivity (Wildman–Crippen MR) is 89.7 cm³/mol. The molecule has 0 aromatic heterocycles. The minimum atomic E-state index is -0.474. The van der Waals surface area contributed by atoms with Gasteiger partial charge in [-0.05, 0) is 49.1 Å². The van der Waals surface area contributed by atoms with Crippen molar-refractivity contribution in [3.8, 4) is 0 Å². The van der Waals surface area contributed by atoms with E-state index in [0.717, 1.165) is 24.1 Å². The fraction of sp³-hybridized carbons (Fsp3) is 0.368. The first kappa shape index (κ1) is 15.6. The summed E-state index contributed by atoms with van der Waals surface area (Å²) < 4.78 is 0. The zero-order valence-electron chi connectivity index (χ0n) is 13.2. The normalized spacial score (nSPS) is 13.7. The second-order valence-corrected chi connectivity index (χ2v) is 5.93. The van der Waals surface area contributed by atoms with Gasteiger partial charge in [0.05, 0.1) is 12.1 Å². The van der Waals surface area contributed by atoms with Gasteiger partial charge >= 0.3 is 0 Å². The molecule has 0 spiro atoms. The fourth-order valence-electron chi connectivity index (χ4n) is 2.57. The van der Waals surface area contributed by atoms with Crippen molar-refractivity contribution < 1.29 is 5.11 Å². The van der Waals surface area contributed by atoms with Crippen LogP contribution in [-0.4, -0.2) is 11.7 Å². The van der Waals surface area contributed by atoms with E-state index in [4.69, 9.17) is 0 Å². The molecule has 2 aromatic carbocycles. The van der Waals surface area contributed by atoms with E-state index in [9.17, 15) is 5.11 Å². The van der Waals surface area contributed by atoms with Crippen LogP contribution in [0.5, 0.6) is 0 Å². The molecule has 1 unspecified atom stereocenters. The number of aliphatic hydroxyl groups excluding tert-OH is 1. The van der Waals surface area contributed by atoms with E-state index < -0.39 is 5.54 Å². The van der Waals surface area contributed by atoms with Crippen molar-refractivity contribution >= 4 is 5.69 Å². The first-order chi connectivity index (χ1) is 10.1. The van der Waals surface area contributed by atoms with E-state index in [1.54, 1.807) is 0 Å². The summed E-state index contributed by atoms with van der Waals surface area (Å²) >= 11 is 0. The molecule has 2 N–H and O–H groups in total. The highest BCUT2D eigenvalue weighted by molar-refractivity contribution is 5.49. The summed E-state index contributed by atoms with van der Waals surface area (Å²) in [5.74, 6) is 0. The number of hydrogen-bond donors (Lipinski definition) is 2. The lowest BCUT2D eigenvalue weighted by Crippen LogP contribution is -2.35. The summed E-state index contributed by atoms with van der Waals surface area (Å²) in [5, 5.41) is 13.3. The van der Waals surface area contributed by atoms with Crippen LogP contribution in [0.25, 0.3) is 0 Å². The molecule has 0 aliphatic carbocycles. The third-order valence-electron chi connectivity index (χ3n) is 3.88. The Balaban J connectivity index is 2.23. The van der Waals surface area contributed by atoms with Crippen molar-refractivity contribution in [2.45, 2.75) is 39.2 Å². The van der Waals surface area contributed by atoms with Gasteiger partial charge in [-0.3, -0.25) is 0 Å². The maximum atomic E-state index is 9.88. The molecule has 0 radical (unpaired) electrons. The Labute approximate surface area is 127 Å². The van der Waals surface area contributed by atoms with Crippen LogP contribution < -0.4 is 5.32 Å². The highest BCUT2D eigenvalue weighted by atomic mass is 16.3. The lowest BCUT2D eigenvalue weighted by atomic mass is 9.91. The van der Waals surface area contributed by atoms with Crippen molar-refractivity contribution in [2.75, 3.05) is 11.9 Å². The quantitative estimate of drug-likeness (QED) is 0.830. The van der Waals surface area contributed by atoms with Crippen molar-refractivity contribution in [1.29, 1.82) is 0 Å². The molecule has 0 aliphatic heterocycles. The van der Waals surface area contributed by atoms with Gasteiger partial charge in [-0.15, -0.1) is 0 Å². The molecule has 2 heteroatoms. The van der Waals surface area contributed by atoms with Crippen LogP contribution in [-0.2, 0) is 12.0 Å². The van der Waals surface area contributed by atoms with Gasteiger partial charge in [0.25, 0.3) is 0 Å². The van der Waals surface area contributed by atoms with Crippen LogP contribution in [0, 0.1) is 6.92 Å². The molecule has 1 atom stereocenters. The molecule has 0 bridgehead atoms. The van der Waals surface area contributed by atoms with Crippen LogP contribution in [0.4, 0.5) is 5.69 Å². The first-order valence-corrected chi connectivity index (χ1v) is 7.62. The Kier molecular flexibility index (Phi) is 5.03. The Morgan fingerprint density at radius 1 is 1.10 bits per heavy atom. The topological polar surface area (TPSA) is 32.3 Å². The summed E-state index contributed by atoms with van der Waals surface area (Å²) in [5.41, 5.74) is 4.21. The van der Waals surface area contributed by atoms with Crippen molar-refractivity contribution in [3.63, 3.8) is 0 Å². The van der Waals surface area contributed by atoms with Crippen LogP contribution in [0.3, 0.4) is 0 Å². The van der Waals surface area contributed by atoms with Gasteiger partial charge in [0.1, 0.15) is 0 Å². The largest absolute Gasteiger partial charge is 0.394 e. The second-order valence-electron chi connectivity index (χ2n) is 5.93. The summed E-state index contributed by atoms with van der Waals surface area (Å²) in [7, 11) is 0. The van der Waals surface area contributed by atoms with E-state index in [1.165, 1.54) is 11.1 Å². The average Bonchev–Trinajstić information content (AvgIpc) is 2.48. The highest BCUT2D eigenvalue weighted by Gasteiger charge is 2.25. The molecule has 2 rings (SSSR count). The van der Waals surface area contributed by atoms with Gasteiger partial charge in [0.2, 0.25) is 0 Å². The summed E-state index contributed by atoms with van der Waals surface area (Å²) in [4.78, 5) is 0. The van der Waals surface area contributed by atoms with Gasteiger partial charge in [-0.2, -0.15) is 0 Å². The molecule has 0 heterocycles. The Morgan fingerprint density at radius 2 is 1.81 bits per heavy atom. The van der Waals surface area contributed by atoms with E-state index >= 15 is 0 Å². The molecule has 2 aromatic rings. The van der Waals surface area contributed by atoms with E-state index in [-0.39, 0.29) is 6.61 Å². The van der Waals surface area contributed by atoms with Gasteiger partial charge in [0.15, 0.2) is 0 Å². The van der Waals surface area contributed by atoms with Gasteiger partial charge in [-0.1, -0.05) is 49.7 Å². The van der Waals surface area contributed by atoms with E-state index in [2.05, 4.69) is 55.6 Å². The smallest absolute Gasteiger partial charge is 0.0828 e. The molecule has 0 aliphatic rings. The third-order valence-corrected chi connectivity index (χ3v) is 3.88. The number of nitrogens with one attached hydrogen (secondary N) is 1. The van der Waals surface area contributed by atoms with Crippen molar-refractivity contribution in [1.82, 2.24) is 0 Å². The number of aryl methyl sites for hydroxylation is 2. The SMILES string of the molecule is CCCc1ccc(C(C)(CO)Nc2cccc(C)c2)cc1. The lowest BCUT2D eigenvalue weighted by molar-refractivity contribution is 0.224. The predicted octanol–water partition coefficient (Wildman–Crippen LogP) is 4.27. The van der Waals surface area contributed by atoms with Crippen LogP contribution in [0.15, 0.2) is 48.5 Å². The number of anilines is 1. The molecule has 2 nitrogen and oxygen atoms in total. The second kappa shape index (κ2) is 6.77. The number of benzene rings is 2. The molecule has 112 valence electrons. The molecule has 0 saturated heterocycles. The first-order valence-electron chi connectivity index (χ1n) is 7.62. The molecule has 0 fully saturated rings. The zero-order valence-corrected chi connectivity index (χ0v) is 13.2. The zero-order chi connectivity index (χ0) is 15.3. The van der Waals surface area contributed by atoms with E-state index in [0.29, 0.717) is 0 Å². The van der Waals surface area contributed by atoms with Crippen molar-refractivity contribution in [3.05, 3.63) is 65.2 Å². The molecular weight excluding hydrogens is 258 g/mol. The Hall–Kier alpha value is -1.80. The fourth-order valence-corrected chi connectivity index (χ4v) is 2.57. The maximum absolute atomic E-state index is 9.88. The van der Waals surface area contributed by atoms with Gasteiger partial charge < -0.3 is 10.4 Å². The molecule has 0 saturated carbocycles. The van der Waals surface area contributed by atoms with Gasteiger partial charge in [0, 0.05) is 5.69 Å². The summed E-state index contributed by atoms with van der Waals surface area (Å²) in [6.45, 7) is 6.34. The standard InChI is InChI=1S/C19H25NO/c1-4-6-16-9-11-17(12-10-16)19(3,14-21)20-18-8-5-7-15(2)13-18/h5,7-13,20-21H,4,6,14H2,1-3H3. The summed E-state index contributed by atoms with van der Waals surface area (Å²) in [6, 6.07) is 16.8. The Morgan fingerprint density at radius 3 is 2.38 bits per heavy atom. The minimum Gasteiger partial charge on any atom is -0.394 e. The minimum absolute atomic E-state index is 0.0497. The highest BCUT2D eigenvalue weighted by Crippen LogP contribution is 2.26. The van der Waals surface area contributed by atoms with Crippen LogP contribution in [0.2, 0.25) is 0 Å². The van der Waals surface area contributed by atoms with Crippen LogP contribution in [0.1, 0.15) is 37.0 Å².